The second kappa shape index (κ2) is 6.69. The molecule has 0 aliphatic heterocycles. The van der Waals surface area contributed by atoms with Gasteiger partial charge in [0.05, 0.1) is 0 Å². The zero-order chi connectivity index (χ0) is 9.40. The molecule has 0 aromatic heterocycles. The molecule has 12 heavy (non-hydrogen) atoms. The van der Waals surface area contributed by atoms with E-state index in [0.717, 1.165) is 12.0 Å². The zero-order valence-corrected chi connectivity index (χ0v) is 8.09. The van der Waals surface area contributed by atoms with Gasteiger partial charge in [-0.15, -0.1) is 5.92 Å². The van der Waals surface area contributed by atoms with Crippen LogP contribution in [0.5, 0.6) is 0 Å². The van der Waals surface area contributed by atoms with Crippen molar-refractivity contribution in [2.45, 2.75) is 33.2 Å². The van der Waals surface area contributed by atoms with Crippen molar-refractivity contribution in [2.75, 3.05) is 0 Å². The van der Waals surface area contributed by atoms with Gasteiger partial charge in [0.25, 0.3) is 0 Å². The summed E-state index contributed by atoms with van der Waals surface area (Å²) in [5.41, 5.74) is 6.70. The number of rotatable bonds is 0. The molecule has 0 bridgehead atoms. The first-order valence-electron chi connectivity index (χ1n) is 4.39. The quantitative estimate of drug-likeness (QED) is 0.545. The highest BCUT2D eigenvalue weighted by Gasteiger charge is 1.99. The van der Waals surface area contributed by atoms with Crippen molar-refractivity contribution < 1.29 is 0 Å². The number of hydrogen-bond acceptors (Lipinski definition) is 1. The van der Waals surface area contributed by atoms with Gasteiger partial charge >= 0.3 is 0 Å². The first kappa shape index (κ1) is 11.0. The number of allylic oxidation sites excluding steroid dienone is 2. The molecule has 1 rings (SSSR count). The lowest BCUT2D eigenvalue weighted by molar-refractivity contribution is 0.822. The minimum Gasteiger partial charge on any atom is -0.324 e. The van der Waals surface area contributed by atoms with E-state index in [1.54, 1.807) is 0 Å². The van der Waals surface area contributed by atoms with Crippen molar-refractivity contribution in [3.63, 3.8) is 0 Å². The summed E-state index contributed by atoms with van der Waals surface area (Å²) in [5, 5.41) is 0. The Kier molecular flexibility index (Phi) is 6.14. The van der Waals surface area contributed by atoms with Gasteiger partial charge in [-0.2, -0.15) is 0 Å². The third-order valence-electron chi connectivity index (χ3n) is 1.40. The molecule has 0 amide bonds. The van der Waals surface area contributed by atoms with E-state index in [-0.39, 0.29) is 6.04 Å². The van der Waals surface area contributed by atoms with Crippen LogP contribution in [0.4, 0.5) is 0 Å². The predicted octanol–water partition coefficient (Wildman–Crippen LogP) is 2.25. The van der Waals surface area contributed by atoms with Gasteiger partial charge in [0.15, 0.2) is 0 Å². The lowest BCUT2D eigenvalue weighted by Gasteiger charge is -2.06. The van der Waals surface area contributed by atoms with Gasteiger partial charge in [0, 0.05) is 11.6 Å². The third kappa shape index (κ3) is 4.00. The normalized spacial score (nSPS) is 19.7. The molecule has 0 saturated carbocycles. The van der Waals surface area contributed by atoms with Gasteiger partial charge in [-0.25, -0.2) is 0 Å². The van der Waals surface area contributed by atoms with Gasteiger partial charge in [-0.3, -0.25) is 0 Å². The van der Waals surface area contributed by atoms with Crippen LogP contribution in [0.2, 0.25) is 0 Å². The van der Waals surface area contributed by atoms with Crippen LogP contribution in [0.25, 0.3) is 0 Å². The van der Waals surface area contributed by atoms with Crippen molar-refractivity contribution in [1.29, 1.82) is 0 Å². The van der Waals surface area contributed by atoms with Gasteiger partial charge in [0.2, 0.25) is 0 Å². The fourth-order valence-electron chi connectivity index (χ4n) is 0.874. The average Bonchev–Trinajstić information content (AvgIpc) is 2.13. The van der Waals surface area contributed by atoms with Crippen LogP contribution in [-0.4, -0.2) is 6.04 Å². The van der Waals surface area contributed by atoms with E-state index in [0.29, 0.717) is 0 Å². The number of hydrogen-bond donors (Lipinski definition) is 1. The second-order valence-corrected chi connectivity index (χ2v) is 2.29. The summed E-state index contributed by atoms with van der Waals surface area (Å²) < 4.78 is 0. The maximum absolute atomic E-state index is 5.61. The smallest absolute Gasteiger partial charge is 0.0262 e. The van der Waals surface area contributed by atoms with Gasteiger partial charge in [0.1, 0.15) is 0 Å². The van der Waals surface area contributed by atoms with Crippen molar-refractivity contribution in [3.8, 4) is 11.8 Å². The Morgan fingerprint density at radius 3 is 2.58 bits per heavy atom. The summed E-state index contributed by atoms with van der Waals surface area (Å²) in [6.07, 6.45) is 6.95. The van der Waals surface area contributed by atoms with E-state index in [1.807, 2.05) is 32.9 Å². The van der Waals surface area contributed by atoms with Crippen LogP contribution in [0.3, 0.4) is 0 Å². The summed E-state index contributed by atoms with van der Waals surface area (Å²) in [6.45, 7) is 5.84. The summed E-state index contributed by atoms with van der Waals surface area (Å²) in [5.74, 6) is 5.82. The monoisotopic (exact) mass is 163 g/mol. The molecule has 1 aliphatic rings. The summed E-state index contributed by atoms with van der Waals surface area (Å²) in [6, 6.07) is 0.197. The van der Waals surface area contributed by atoms with E-state index in [1.165, 1.54) is 0 Å². The summed E-state index contributed by atoms with van der Waals surface area (Å²) >= 11 is 0. The lowest BCUT2D eigenvalue weighted by Crippen LogP contribution is -2.17. The van der Waals surface area contributed by atoms with Crippen LogP contribution in [0.1, 0.15) is 27.2 Å². The van der Waals surface area contributed by atoms with Crippen molar-refractivity contribution in [2.24, 2.45) is 5.73 Å². The molecular formula is C11H17N. The van der Waals surface area contributed by atoms with Crippen LogP contribution in [0.15, 0.2) is 23.8 Å². The lowest BCUT2D eigenvalue weighted by atomic mass is 10.0. The molecule has 0 radical (unpaired) electrons. The van der Waals surface area contributed by atoms with Crippen LogP contribution in [0, 0.1) is 11.8 Å². The highest BCUT2D eigenvalue weighted by Crippen LogP contribution is 2.07. The van der Waals surface area contributed by atoms with Crippen LogP contribution < -0.4 is 5.73 Å². The Morgan fingerprint density at radius 2 is 2.17 bits per heavy atom. The molecule has 2 N–H and O–H groups in total. The predicted molar refractivity (Wildman–Crippen MR) is 54.6 cm³/mol. The molecule has 0 spiro atoms. The minimum atomic E-state index is 0.197. The zero-order valence-electron chi connectivity index (χ0n) is 8.09. The SMILES string of the molecule is CC.CC#CC1=CCC(N)C=C1. The summed E-state index contributed by atoms with van der Waals surface area (Å²) in [4.78, 5) is 0. The number of nitrogens with two attached hydrogens (primary N) is 1. The van der Waals surface area contributed by atoms with Crippen molar-refractivity contribution in [3.05, 3.63) is 23.8 Å². The van der Waals surface area contributed by atoms with E-state index in [4.69, 9.17) is 5.73 Å². The second-order valence-electron chi connectivity index (χ2n) is 2.29. The summed E-state index contributed by atoms with van der Waals surface area (Å²) in [7, 11) is 0. The van der Waals surface area contributed by atoms with Gasteiger partial charge < -0.3 is 5.73 Å². The molecule has 66 valence electrons. The topological polar surface area (TPSA) is 26.0 Å². The van der Waals surface area contributed by atoms with E-state index >= 15 is 0 Å². The molecule has 0 aromatic carbocycles. The van der Waals surface area contributed by atoms with E-state index in [2.05, 4.69) is 17.9 Å². The largest absolute Gasteiger partial charge is 0.324 e. The fourth-order valence-corrected chi connectivity index (χ4v) is 0.874. The molecule has 1 heteroatoms. The van der Waals surface area contributed by atoms with Crippen molar-refractivity contribution >= 4 is 0 Å². The fraction of sp³-hybridized carbons (Fsp3) is 0.455. The molecule has 0 saturated heterocycles. The Bertz CT molecular complexity index is 225. The Morgan fingerprint density at radius 1 is 1.50 bits per heavy atom. The minimum absolute atomic E-state index is 0.197. The maximum atomic E-state index is 5.61. The van der Waals surface area contributed by atoms with Crippen LogP contribution >= 0.6 is 0 Å². The molecule has 1 aliphatic carbocycles. The highest BCUT2D eigenvalue weighted by atomic mass is 14.6. The van der Waals surface area contributed by atoms with Gasteiger partial charge in [-0.05, 0) is 19.4 Å². The standard InChI is InChI=1S/C9H11N.C2H6/c1-2-3-8-4-6-9(10)7-5-8;1-2/h4-6,9H,7,10H2,1H3;1-2H3. The molecule has 0 aromatic rings. The molecule has 1 unspecified atom stereocenters. The maximum Gasteiger partial charge on any atom is 0.0262 e. The Hall–Kier alpha value is -1.00. The highest BCUT2D eigenvalue weighted by molar-refractivity contribution is 5.40. The van der Waals surface area contributed by atoms with Gasteiger partial charge in [-0.1, -0.05) is 31.9 Å². The van der Waals surface area contributed by atoms with E-state index < -0.39 is 0 Å². The van der Waals surface area contributed by atoms with Crippen LogP contribution in [-0.2, 0) is 0 Å². The average molecular weight is 163 g/mol. The van der Waals surface area contributed by atoms with Crippen molar-refractivity contribution in [1.82, 2.24) is 0 Å². The Balaban J connectivity index is 0.000000561. The first-order valence-corrected chi connectivity index (χ1v) is 4.39. The molecule has 0 heterocycles. The third-order valence-corrected chi connectivity index (χ3v) is 1.40. The molecule has 0 fully saturated rings. The van der Waals surface area contributed by atoms with E-state index in [9.17, 15) is 0 Å². The Labute approximate surface area is 75.3 Å². The first-order chi connectivity index (χ1) is 5.83. The molecule has 1 nitrogen and oxygen atoms in total. The molecular weight excluding hydrogens is 146 g/mol. The molecule has 1 atom stereocenters.